The minimum atomic E-state index is -0.337. The number of aryl methyl sites for hydroxylation is 2. The fourth-order valence-corrected chi connectivity index (χ4v) is 2.59. The molecule has 1 heterocycles. The van der Waals surface area contributed by atoms with Gasteiger partial charge in [0.05, 0.1) is 13.7 Å². The van der Waals surface area contributed by atoms with Crippen molar-refractivity contribution in [2.75, 3.05) is 12.4 Å². The number of anilines is 1. The molecule has 3 aromatic rings. The van der Waals surface area contributed by atoms with Gasteiger partial charge >= 0.3 is 0 Å². The van der Waals surface area contributed by atoms with Crippen molar-refractivity contribution < 1.29 is 19.1 Å². The zero-order valence-corrected chi connectivity index (χ0v) is 13.8. The molecular formula is C19H19NO4. The lowest BCUT2D eigenvalue weighted by Gasteiger charge is -2.09. The lowest BCUT2D eigenvalue weighted by Crippen LogP contribution is -2.11. The Morgan fingerprint density at radius 3 is 2.62 bits per heavy atom. The predicted octanol–water partition coefficient (Wildman–Crippen LogP) is 3.80. The summed E-state index contributed by atoms with van der Waals surface area (Å²) in [6.45, 7) is 3.86. The van der Waals surface area contributed by atoms with E-state index in [1.165, 1.54) is 7.11 Å². The van der Waals surface area contributed by atoms with Crippen molar-refractivity contribution >= 4 is 22.6 Å². The second-order valence-electron chi connectivity index (χ2n) is 5.72. The SMILES string of the molecule is COc1ccc(NC(=O)c2cc3cc(C)c(C)cc3o2)cc1CO. The van der Waals surface area contributed by atoms with Crippen LogP contribution in [0.25, 0.3) is 11.0 Å². The van der Waals surface area contributed by atoms with Gasteiger partial charge in [0.15, 0.2) is 5.76 Å². The molecule has 24 heavy (non-hydrogen) atoms. The number of carbonyl (C=O) groups excluding carboxylic acids is 1. The third-order valence-corrected chi connectivity index (χ3v) is 4.07. The summed E-state index contributed by atoms with van der Waals surface area (Å²) < 4.78 is 10.8. The van der Waals surface area contributed by atoms with Crippen molar-refractivity contribution in [2.45, 2.75) is 20.5 Å². The standard InChI is InChI=1S/C19H19NO4/c1-11-6-13-9-18(24-17(13)7-12(11)2)19(22)20-15-4-5-16(23-3)14(8-15)10-21/h4-9,21H,10H2,1-3H3,(H,20,22). The summed E-state index contributed by atoms with van der Waals surface area (Å²) >= 11 is 0. The molecule has 2 N–H and O–H groups in total. The minimum absolute atomic E-state index is 0.171. The molecule has 5 heteroatoms. The third-order valence-electron chi connectivity index (χ3n) is 4.07. The Morgan fingerprint density at radius 1 is 1.17 bits per heavy atom. The summed E-state index contributed by atoms with van der Waals surface area (Å²) in [7, 11) is 1.53. The molecule has 0 radical (unpaired) electrons. The van der Waals surface area contributed by atoms with Crippen molar-refractivity contribution in [2.24, 2.45) is 0 Å². The van der Waals surface area contributed by atoms with Crippen molar-refractivity contribution in [3.8, 4) is 5.75 Å². The summed E-state index contributed by atoms with van der Waals surface area (Å²) in [6.07, 6.45) is 0. The predicted molar refractivity (Wildman–Crippen MR) is 92.6 cm³/mol. The van der Waals surface area contributed by atoms with Crippen LogP contribution in [0.15, 0.2) is 40.8 Å². The second kappa shape index (κ2) is 6.37. The number of aliphatic hydroxyl groups excluding tert-OH is 1. The van der Waals surface area contributed by atoms with E-state index in [4.69, 9.17) is 9.15 Å². The lowest BCUT2D eigenvalue weighted by atomic mass is 10.1. The van der Waals surface area contributed by atoms with Gasteiger partial charge in [0.25, 0.3) is 5.91 Å². The van der Waals surface area contributed by atoms with Crippen LogP contribution in [0.5, 0.6) is 5.75 Å². The first-order valence-electron chi connectivity index (χ1n) is 7.61. The molecule has 2 aromatic carbocycles. The van der Waals surface area contributed by atoms with Crippen LogP contribution in [-0.2, 0) is 6.61 Å². The van der Waals surface area contributed by atoms with Crippen LogP contribution in [-0.4, -0.2) is 18.1 Å². The fourth-order valence-electron chi connectivity index (χ4n) is 2.59. The van der Waals surface area contributed by atoms with E-state index >= 15 is 0 Å². The highest BCUT2D eigenvalue weighted by Crippen LogP contribution is 2.25. The lowest BCUT2D eigenvalue weighted by molar-refractivity contribution is 0.0998. The second-order valence-corrected chi connectivity index (χ2v) is 5.72. The first-order valence-corrected chi connectivity index (χ1v) is 7.61. The normalized spacial score (nSPS) is 10.8. The Balaban J connectivity index is 1.87. The molecule has 0 atom stereocenters. The average Bonchev–Trinajstić information content (AvgIpc) is 2.98. The van der Waals surface area contributed by atoms with E-state index in [1.807, 2.05) is 26.0 Å². The minimum Gasteiger partial charge on any atom is -0.496 e. The number of ether oxygens (including phenoxy) is 1. The van der Waals surface area contributed by atoms with Crippen LogP contribution in [0.4, 0.5) is 5.69 Å². The fraction of sp³-hybridized carbons (Fsp3) is 0.211. The van der Waals surface area contributed by atoms with Crippen LogP contribution >= 0.6 is 0 Å². The molecule has 1 amide bonds. The maximum Gasteiger partial charge on any atom is 0.291 e. The van der Waals surface area contributed by atoms with E-state index in [9.17, 15) is 9.90 Å². The number of carbonyl (C=O) groups is 1. The summed E-state index contributed by atoms with van der Waals surface area (Å²) in [4.78, 5) is 12.4. The first kappa shape index (κ1) is 16.1. The average molecular weight is 325 g/mol. The van der Waals surface area contributed by atoms with Crippen LogP contribution in [0.1, 0.15) is 27.2 Å². The topological polar surface area (TPSA) is 71.7 Å². The number of furan rings is 1. The van der Waals surface area contributed by atoms with Crippen molar-refractivity contribution in [1.29, 1.82) is 0 Å². The molecule has 0 bridgehead atoms. The Kier molecular flexibility index (Phi) is 4.27. The molecule has 0 saturated heterocycles. The highest BCUT2D eigenvalue weighted by molar-refractivity contribution is 6.04. The Labute approximate surface area is 139 Å². The molecule has 5 nitrogen and oxygen atoms in total. The number of fused-ring (bicyclic) bond motifs is 1. The quantitative estimate of drug-likeness (QED) is 0.765. The molecule has 0 spiro atoms. The zero-order valence-electron chi connectivity index (χ0n) is 13.8. The molecule has 0 aliphatic carbocycles. The number of hydrogen-bond donors (Lipinski definition) is 2. The van der Waals surface area contributed by atoms with Crippen molar-refractivity contribution in [1.82, 2.24) is 0 Å². The molecule has 0 aliphatic rings. The summed E-state index contributed by atoms with van der Waals surface area (Å²) in [5, 5.41) is 13.0. The molecular weight excluding hydrogens is 306 g/mol. The molecule has 0 unspecified atom stereocenters. The van der Waals surface area contributed by atoms with Gasteiger partial charge in [-0.1, -0.05) is 0 Å². The van der Waals surface area contributed by atoms with Crippen LogP contribution in [0.2, 0.25) is 0 Å². The molecule has 1 aromatic heterocycles. The Morgan fingerprint density at radius 2 is 1.92 bits per heavy atom. The number of aliphatic hydroxyl groups is 1. The molecule has 0 fully saturated rings. The smallest absolute Gasteiger partial charge is 0.291 e. The van der Waals surface area contributed by atoms with E-state index < -0.39 is 0 Å². The molecule has 3 rings (SSSR count). The number of hydrogen-bond acceptors (Lipinski definition) is 4. The number of amides is 1. The highest BCUT2D eigenvalue weighted by Gasteiger charge is 2.14. The maximum atomic E-state index is 12.4. The van der Waals surface area contributed by atoms with Crippen LogP contribution < -0.4 is 10.1 Å². The summed E-state index contributed by atoms with van der Waals surface area (Å²) in [5.41, 5.74) is 4.13. The number of rotatable bonds is 4. The Hall–Kier alpha value is -2.79. The van der Waals surface area contributed by atoms with E-state index in [-0.39, 0.29) is 18.3 Å². The largest absolute Gasteiger partial charge is 0.496 e. The third kappa shape index (κ3) is 2.98. The summed E-state index contributed by atoms with van der Waals surface area (Å²) in [6, 6.07) is 10.8. The van der Waals surface area contributed by atoms with Gasteiger partial charge in [0, 0.05) is 16.6 Å². The molecule has 0 aliphatic heterocycles. The van der Waals surface area contributed by atoms with Crippen LogP contribution in [0.3, 0.4) is 0 Å². The van der Waals surface area contributed by atoms with E-state index in [0.29, 0.717) is 22.6 Å². The van der Waals surface area contributed by atoms with Gasteiger partial charge in [-0.25, -0.2) is 0 Å². The van der Waals surface area contributed by atoms with Gasteiger partial charge in [-0.05, 0) is 61.4 Å². The monoisotopic (exact) mass is 325 g/mol. The van der Waals surface area contributed by atoms with E-state index in [1.54, 1.807) is 24.3 Å². The molecule has 124 valence electrons. The van der Waals surface area contributed by atoms with Crippen molar-refractivity contribution in [3.05, 3.63) is 58.8 Å². The van der Waals surface area contributed by atoms with Gasteiger partial charge in [0.1, 0.15) is 11.3 Å². The number of methoxy groups -OCH3 is 1. The van der Waals surface area contributed by atoms with Crippen LogP contribution in [0, 0.1) is 13.8 Å². The van der Waals surface area contributed by atoms with Gasteiger partial charge in [-0.2, -0.15) is 0 Å². The summed E-state index contributed by atoms with van der Waals surface area (Å²) in [5.74, 6) is 0.483. The maximum absolute atomic E-state index is 12.4. The van der Waals surface area contributed by atoms with Gasteiger partial charge in [0.2, 0.25) is 0 Å². The Bertz CT molecular complexity index is 872. The van der Waals surface area contributed by atoms with Gasteiger partial charge in [-0.3, -0.25) is 4.79 Å². The number of benzene rings is 2. The van der Waals surface area contributed by atoms with E-state index in [2.05, 4.69) is 5.32 Å². The van der Waals surface area contributed by atoms with Crippen molar-refractivity contribution in [3.63, 3.8) is 0 Å². The molecule has 0 saturated carbocycles. The zero-order chi connectivity index (χ0) is 17.3. The highest BCUT2D eigenvalue weighted by atomic mass is 16.5. The van der Waals surface area contributed by atoms with E-state index in [0.717, 1.165) is 16.5 Å². The first-order chi connectivity index (χ1) is 11.5. The van der Waals surface area contributed by atoms with Gasteiger partial charge < -0.3 is 19.6 Å². The number of nitrogens with one attached hydrogen (secondary N) is 1. The van der Waals surface area contributed by atoms with Gasteiger partial charge in [-0.15, -0.1) is 0 Å².